The molecule has 0 amide bonds. The first kappa shape index (κ1) is 9.06. The van der Waals surface area contributed by atoms with Crippen LogP contribution in [-0.2, 0) is 4.74 Å². The maximum absolute atomic E-state index is 5.46. The summed E-state index contributed by atoms with van der Waals surface area (Å²) in [5, 5.41) is 0. The standard InChI is InChI=1S/C11H14N2O/c1-7-3-4-9(5-8(7)2)10-6-14-11(12)13-10/h3-5,10H,6H2,1-2H3,(H2,12,13). The largest absolute Gasteiger partial charge is 0.463 e. The monoisotopic (exact) mass is 190 g/mol. The Hall–Kier alpha value is -1.51. The van der Waals surface area contributed by atoms with Gasteiger partial charge in [0.25, 0.3) is 6.02 Å². The molecule has 0 radical (unpaired) electrons. The summed E-state index contributed by atoms with van der Waals surface area (Å²) in [5.74, 6) is 0. The second kappa shape index (κ2) is 3.33. The molecule has 3 heteroatoms. The van der Waals surface area contributed by atoms with Gasteiger partial charge in [0.2, 0.25) is 0 Å². The molecule has 1 atom stereocenters. The number of rotatable bonds is 1. The number of amidine groups is 1. The highest BCUT2D eigenvalue weighted by atomic mass is 16.5. The normalized spacial score (nSPS) is 20.4. The molecule has 0 saturated heterocycles. The fraction of sp³-hybridized carbons (Fsp3) is 0.364. The van der Waals surface area contributed by atoms with Gasteiger partial charge in [-0.1, -0.05) is 18.2 Å². The zero-order valence-corrected chi connectivity index (χ0v) is 8.45. The SMILES string of the molecule is Cc1ccc(C2COC(N)=N2)cc1C. The van der Waals surface area contributed by atoms with Crippen LogP contribution in [0.3, 0.4) is 0 Å². The third-order valence-corrected chi connectivity index (χ3v) is 2.59. The third kappa shape index (κ3) is 1.58. The predicted molar refractivity (Wildman–Crippen MR) is 56.2 cm³/mol. The number of aryl methyl sites for hydroxylation is 2. The lowest BCUT2D eigenvalue weighted by Crippen LogP contribution is -2.10. The number of hydrogen-bond acceptors (Lipinski definition) is 3. The number of aliphatic imine (C=N–C) groups is 1. The van der Waals surface area contributed by atoms with Crippen molar-refractivity contribution in [2.45, 2.75) is 19.9 Å². The first-order valence-corrected chi connectivity index (χ1v) is 4.70. The average Bonchev–Trinajstić information content (AvgIpc) is 2.57. The molecule has 1 aromatic carbocycles. The summed E-state index contributed by atoms with van der Waals surface area (Å²) in [6.07, 6.45) is 0. The summed E-state index contributed by atoms with van der Waals surface area (Å²) in [6, 6.07) is 6.71. The fourth-order valence-electron chi connectivity index (χ4n) is 1.54. The number of benzene rings is 1. The van der Waals surface area contributed by atoms with Crippen LogP contribution in [0.25, 0.3) is 0 Å². The smallest absolute Gasteiger partial charge is 0.282 e. The van der Waals surface area contributed by atoms with E-state index in [0.717, 1.165) is 0 Å². The molecule has 1 aliphatic rings. The Balaban J connectivity index is 2.29. The lowest BCUT2D eigenvalue weighted by molar-refractivity contribution is 0.315. The second-order valence-corrected chi connectivity index (χ2v) is 3.64. The van der Waals surface area contributed by atoms with Crippen LogP contribution in [0.15, 0.2) is 23.2 Å². The van der Waals surface area contributed by atoms with E-state index >= 15 is 0 Å². The lowest BCUT2D eigenvalue weighted by Gasteiger charge is -2.07. The minimum Gasteiger partial charge on any atom is -0.463 e. The molecular weight excluding hydrogens is 176 g/mol. The van der Waals surface area contributed by atoms with Crippen LogP contribution in [0.1, 0.15) is 22.7 Å². The van der Waals surface area contributed by atoms with Gasteiger partial charge in [-0.25, -0.2) is 4.99 Å². The van der Waals surface area contributed by atoms with Crippen molar-refractivity contribution in [3.05, 3.63) is 34.9 Å². The van der Waals surface area contributed by atoms with Crippen LogP contribution < -0.4 is 5.73 Å². The summed E-state index contributed by atoms with van der Waals surface area (Å²) in [5.41, 5.74) is 9.21. The molecule has 3 nitrogen and oxygen atoms in total. The van der Waals surface area contributed by atoms with E-state index in [4.69, 9.17) is 10.5 Å². The van der Waals surface area contributed by atoms with Gasteiger partial charge in [-0.05, 0) is 30.5 Å². The van der Waals surface area contributed by atoms with Gasteiger partial charge in [0.1, 0.15) is 12.6 Å². The van der Waals surface area contributed by atoms with E-state index in [1.807, 2.05) is 0 Å². The van der Waals surface area contributed by atoms with Crippen molar-refractivity contribution in [3.63, 3.8) is 0 Å². The lowest BCUT2D eigenvalue weighted by atomic mass is 10.0. The van der Waals surface area contributed by atoms with Crippen molar-refractivity contribution >= 4 is 6.02 Å². The number of nitrogens with two attached hydrogens (primary N) is 1. The molecular formula is C11H14N2O. The van der Waals surface area contributed by atoms with Crippen molar-refractivity contribution in [1.82, 2.24) is 0 Å². The molecule has 0 bridgehead atoms. The van der Waals surface area contributed by atoms with Gasteiger partial charge in [0, 0.05) is 0 Å². The van der Waals surface area contributed by atoms with Gasteiger partial charge in [0.15, 0.2) is 0 Å². The van der Waals surface area contributed by atoms with Crippen LogP contribution in [0.4, 0.5) is 0 Å². The fourth-order valence-corrected chi connectivity index (χ4v) is 1.54. The summed E-state index contributed by atoms with van der Waals surface area (Å²) in [7, 11) is 0. The Kier molecular flexibility index (Phi) is 2.15. The van der Waals surface area contributed by atoms with Crippen molar-refractivity contribution in [2.24, 2.45) is 10.7 Å². The quantitative estimate of drug-likeness (QED) is 0.732. The van der Waals surface area contributed by atoms with E-state index in [2.05, 4.69) is 37.0 Å². The Labute approximate surface area is 83.6 Å². The van der Waals surface area contributed by atoms with E-state index in [1.54, 1.807) is 0 Å². The van der Waals surface area contributed by atoms with Gasteiger partial charge in [-0.3, -0.25) is 0 Å². The molecule has 0 spiro atoms. The van der Waals surface area contributed by atoms with Gasteiger partial charge in [-0.15, -0.1) is 0 Å². The van der Waals surface area contributed by atoms with Crippen LogP contribution >= 0.6 is 0 Å². The zero-order chi connectivity index (χ0) is 10.1. The highest BCUT2D eigenvalue weighted by molar-refractivity contribution is 5.73. The molecule has 14 heavy (non-hydrogen) atoms. The molecule has 0 aromatic heterocycles. The van der Waals surface area contributed by atoms with Crippen molar-refractivity contribution < 1.29 is 4.74 Å². The Morgan fingerprint density at radius 1 is 1.36 bits per heavy atom. The van der Waals surface area contributed by atoms with Gasteiger partial charge in [0.05, 0.1) is 0 Å². The van der Waals surface area contributed by atoms with Gasteiger partial charge in [-0.2, -0.15) is 0 Å². The molecule has 0 fully saturated rings. The minimum atomic E-state index is 0.0781. The van der Waals surface area contributed by atoms with E-state index < -0.39 is 0 Å². The molecule has 1 unspecified atom stereocenters. The van der Waals surface area contributed by atoms with E-state index in [0.29, 0.717) is 12.6 Å². The molecule has 1 aliphatic heterocycles. The number of hydrogen-bond donors (Lipinski definition) is 1. The highest BCUT2D eigenvalue weighted by Gasteiger charge is 2.18. The summed E-state index contributed by atoms with van der Waals surface area (Å²) in [4.78, 5) is 4.20. The van der Waals surface area contributed by atoms with Crippen molar-refractivity contribution in [1.29, 1.82) is 0 Å². The number of ether oxygens (including phenoxy) is 1. The van der Waals surface area contributed by atoms with Crippen LogP contribution in [-0.4, -0.2) is 12.6 Å². The van der Waals surface area contributed by atoms with E-state index in [-0.39, 0.29) is 6.04 Å². The summed E-state index contributed by atoms with van der Waals surface area (Å²) in [6.45, 7) is 4.76. The Morgan fingerprint density at radius 2 is 2.14 bits per heavy atom. The van der Waals surface area contributed by atoms with Crippen LogP contribution in [0.5, 0.6) is 0 Å². The van der Waals surface area contributed by atoms with E-state index in [1.165, 1.54) is 16.7 Å². The first-order chi connectivity index (χ1) is 6.66. The second-order valence-electron chi connectivity index (χ2n) is 3.64. The highest BCUT2D eigenvalue weighted by Crippen LogP contribution is 2.23. The summed E-state index contributed by atoms with van der Waals surface area (Å²) >= 11 is 0. The average molecular weight is 190 g/mol. The van der Waals surface area contributed by atoms with Crippen molar-refractivity contribution in [3.8, 4) is 0 Å². The molecule has 2 N–H and O–H groups in total. The first-order valence-electron chi connectivity index (χ1n) is 4.70. The van der Waals surface area contributed by atoms with Gasteiger partial charge >= 0.3 is 0 Å². The Morgan fingerprint density at radius 3 is 2.71 bits per heavy atom. The molecule has 1 aromatic rings. The van der Waals surface area contributed by atoms with Crippen LogP contribution in [0, 0.1) is 13.8 Å². The third-order valence-electron chi connectivity index (χ3n) is 2.59. The molecule has 0 saturated carbocycles. The molecule has 74 valence electrons. The maximum Gasteiger partial charge on any atom is 0.282 e. The molecule has 0 aliphatic carbocycles. The zero-order valence-electron chi connectivity index (χ0n) is 8.45. The minimum absolute atomic E-state index is 0.0781. The number of nitrogens with zero attached hydrogens (tertiary/aromatic N) is 1. The molecule has 1 heterocycles. The molecule has 2 rings (SSSR count). The Bertz CT molecular complexity index is 385. The maximum atomic E-state index is 5.46. The summed E-state index contributed by atoms with van der Waals surface area (Å²) < 4.78 is 5.12. The van der Waals surface area contributed by atoms with E-state index in [9.17, 15) is 0 Å². The van der Waals surface area contributed by atoms with Crippen LogP contribution in [0.2, 0.25) is 0 Å². The predicted octanol–water partition coefficient (Wildman–Crippen LogP) is 1.69. The van der Waals surface area contributed by atoms with Gasteiger partial charge < -0.3 is 10.5 Å². The topological polar surface area (TPSA) is 47.6 Å². The van der Waals surface area contributed by atoms with Crippen molar-refractivity contribution in [2.75, 3.05) is 6.61 Å².